The smallest absolute Gasteiger partial charge is 0.260 e. The van der Waals surface area contributed by atoms with Gasteiger partial charge in [-0.1, -0.05) is 35.0 Å². The highest BCUT2D eigenvalue weighted by Gasteiger charge is 2.15. The second kappa shape index (κ2) is 7.00. The van der Waals surface area contributed by atoms with Crippen LogP contribution in [0.2, 0.25) is 0 Å². The highest BCUT2D eigenvalue weighted by molar-refractivity contribution is 6.12. The first-order valence-electron chi connectivity index (χ1n) is 7.74. The molecule has 2 amide bonds. The van der Waals surface area contributed by atoms with Crippen molar-refractivity contribution in [2.24, 2.45) is 0 Å². The second-order valence-electron chi connectivity index (χ2n) is 5.65. The molecule has 0 radical (unpaired) electrons. The maximum absolute atomic E-state index is 12.5. The van der Waals surface area contributed by atoms with Gasteiger partial charge in [-0.2, -0.15) is 0 Å². The number of hydrogen-bond donors (Lipinski definition) is 2. The molecule has 0 atom stereocenters. The summed E-state index contributed by atoms with van der Waals surface area (Å²) in [5, 5.41) is 9.11. The van der Waals surface area contributed by atoms with Gasteiger partial charge in [-0.15, -0.1) is 0 Å². The molecule has 6 nitrogen and oxygen atoms in total. The fourth-order valence-corrected chi connectivity index (χ4v) is 2.29. The van der Waals surface area contributed by atoms with E-state index in [0.717, 1.165) is 5.56 Å². The molecule has 0 saturated heterocycles. The van der Waals surface area contributed by atoms with Crippen molar-refractivity contribution >= 4 is 23.4 Å². The van der Waals surface area contributed by atoms with Crippen LogP contribution in [0.25, 0.3) is 0 Å². The number of anilines is 2. The van der Waals surface area contributed by atoms with E-state index in [1.807, 2.05) is 19.1 Å². The normalized spacial score (nSPS) is 10.3. The Morgan fingerprint density at radius 3 is 2.32 bits per heavy atom. The monoisotopic (exact) mass is 335 g/mol. The van der Waals surface area contributed by atoms with E-state index >= 15 is 0 Å². The Bertz CT molecular complexity index is 914. The van der Waals surface area contributed by atoms with Crippen molar-refractivity contribution < 1.29 is 14.1 Å². The Labute approximate surface area is 144 Å². The number of para-hydroxylation sites is 1. The topological polar surface area (TPSA) is 84.2 Å². The van der Waals surface area contributed by atoms with Crippen LogP contribution >= 0.6 is 0 Å². The molecule has 0 aliphatic heterocycles. The molecule has 0 saturated carbocycles. The first kappa shape index (κ1) is 16.4. The summed E-state index contributed by atoms with van der Waals surface area (Å²) in [5.41, 5.74) is 3.00. The lowest BCUT2D eigenvalue weighted by Gasteiger charge is -2.10. The van der Waals surface area contributed by atoms with Crippen LogP contribution in [0.1, 0.15) is 32.0 Å². The number of benzene rings is 2. The van der Waals surface area contributed by atoms with Crippen LogP contribution in [0.3, 0.4) is 0 Å². The predicted octanol–water partition coefficient (Wildman–Crippen LogP) is 3.80. The number of nitrogens with one attached hydrogen (secondary N) is 2. The van der Waals surface area contributed by atoms with Gasteiger partial charge in [-0.25, -0.2) is 0 Å². The lowest BCUT2D eigenvalue weighted by Crippen LogP contribution is -2.18. The van der Waals surface area contributed by atoms with Gasteiger partial charge in [0.1, 0.15) is 0 Å². The lowest BCUT2D eigenvalue weighted by atomic mass is 10.1. The van der Waals surface area contributed by atoms with Crippen LogP contribution in [0.15, 0.2) is 59.1 Å². The zero-order valence-electron chi connectivity index (χ0n) is 13.9. The van der Waals surface area contributed by atoms with Crippen LogP contribution in [0.5, 0.6) is 0 Å². The number of aromatic nitrogens is 1. The van der Waals surface area contributed by atoms with Crippen molar-refractivity contribution in [2.75, 3.05) is 10.6 Å². The van der Waals surface area contributed by atoms with Crippen LogP contribution < -0.4 is 10.6 Å². The van der Waals surface area contributed by atoms with E-state index in [4.69, 9.17) is 4.52 Å². The highest BCUT2D eigenvalue weighted by atomic mass is 16.5. The Hall–Kier alpha value is -3.41. The van der Waals surface area contributed by atoms with E-state index in [1.165, 1.54) is 0 Å². The van der Waals surface area contributed by atoms with Gasteiger partial charge in [0.15, 0.2) is 0 Å². The van der Waals surface area contributed by atoms with E-state index in [2.05, 4.69) is 15.8 Å². The first-order chi connectivity index (χ1) is 12.0. The molecule has 0 aliphatic carbocycles. The van der Waals surface area contributed by atoms with Crippen molar-refractivity contribution in [3.05, 3.63) is 77.0 Å². The van der Waals surface area contributed by atoms with Crippen LogP contribution in [0.4, 0.5) is 11.6 Å². The number of aryl methyl sites for hydroxylation is 2. The molecule has 0 aliphatic rings. The number of nitrogens with zero attached hydrogens (tertiary/aromatic N) is 1. The Balaban J connectivity index is 1.79. The summed E-state index contributed by atoms with van der Waals surface area (Å²) in [4.78, 5) is 24.8. The van der Waals surface area contributed by atoms with Gasteiger partial charge < -0.3 is 9.84 Å². The average molecular weight is 335 g/mol. The zero-order chi connectivity index (χ0) is 17.8. The highest BCUT2D eigenvalue weighted by Crippen LogP contribution is 2.19. The van der Waals surface area contributed by atoms with E-state index < -0.39 is 5.91 Å². The molecule has 0 bridgehead atoms. The molecule has 126 valence electrons. The number of hydrogen-bond acceptors (Lipinski definition) is 4. The summed E-state index contributed by atoms with van der Waals surface area (Å²) in [6.45, 7) is 3.71. The Morgan fingerprint density at radius 2 is 1.64 bits per heavy atom. The summed E-state index contributed by atoms with van der Waals surface area (Å²) < 4.78 is 4.99. The molecule has 3 rings (SSSR count). The minimum Gasteiger partial charge on any atom is -0.338 e. The van der Waals surface area contributed by atoms with Crippen molar-refractivity contribution in [3.63, 3.8) is 0 Å². The van der Waals surface area contributed by atoms with Crippen molar-refractivity contribution in [1.29, 1.82) is 0 Å². The Morgan fingerprint density at radius 1 is 0.920 bits per heavy atom. The average Bonchev–Trinajstić information content (AvgIpc) is 3.00. The van der Waals surface area contributed by atoms with Gasteiger partial charge in [0.2, 0.25) is 5.88 Å². The van der Waals surface area contributed by atoms with Crippen LogP contribution in [-0.4, -0.2) is 17.0 Å². The maximum atomic E-state index is 12.5. The van der Waals surface area contributed by atoms with Gasteiger partial charge >= 0.3 is 0 Å². The molecule has 0 unspecified atom stereocenters. The minimum absolute atomic E-state index is 0.252. The number of rotatable bonds is 4. The van der Waals surface area contributed by atoms with Gasteiger partial charge in [-0.3, -0.25) is 14.9 Å². The summed E-state index contributed by atoms with van der Waals surface area (Å²) in [5.74, 6) is -0.422. The molecule has 0 fully saturated rings. The number of carbonyl (C=O) groups is 2. The fraction of sp³-hybridized carbons (Fsp3) is 0.105. The summed E-state index contributed by atoms with van der Waals surface area (Å²) in [7, 11) is 0. The lowest BCUT2D eigenvalue weighted by molar-refractivity contribution is 0.102. The van der Waals surface area contributed by atoms with E-state index in [9.17, 15) is 9.59 Å². The maximum Gasteiger partial charge on any atom is 0.260 e. The summed E-state index contributed by atoms with van der Waals surface area (Å²) >= 11 is 0. The predicted molar refractivity (Wildman–Crippen MR) is 94.8 cm³/mol. The van der Waals surface area contributed by atoms with Crippen molar-refractivity contribution in [1.82, 2.24) is 5.16 Å². The minimum atomic E-state index is -0.393. The number of carbonyl (C=O) groups excluding carboxylic acids is 2. The molecule has 3 aromatic rings. The largest absolute Gasteiger partial charge is 0.338 e. The van der Waals surface area contributed by atoms with Crippen molar-refractivity contribution in [3.8, 4) is 0 Å². The molecule has 25 heavy (non-hydrogen) atoms. The molecule has 6 heteroatoms. The summed E-state index contributed by atoms with van der Waals surface area (Å²) in [6, 6.07) is 15.6. The molecule has 2 aromatic carbocycles. The molecule has 1 aromatic heterocycles. The quantitative estimate of drug-likeness (QED) is 0.759. The van der Waals surface area contributed by atoms with Gasteiger partial charge in [0.25, 0.3) is 11.8 Å². The molecule has 1 heterocycles. The van der Waals surface area contributed by atoms with Crippen molar-refractivity contribution in [2.45, 2.75) is 13.8 Å². The zero-order valence-corrected chi connectivity index (χ0v) is 13.9. The third-order valence-corrected chi connectivity index (χ3v) is 3.60. The molecule has 2 N–H and O–H groups in total. The summed E-state index contributed by atoms with van der Waals surface area (Å²) in [6.07, 6.45) is 0. The third kappa shape index (κ3) is 3.92. The second-order valence-corrected chi connectivity index (χ2v) is 5.65. The first-order valence-corrected chi connectivity index (χ1v) is 7.74. The van der Waals surface area contributed by atoms with E-state index in [0.29, 0.717) is 22.5 Å². The van der Waals surface area contributed by atoms with Crippen LogP contribution in [0, 0.1) is 13.8 Å². The SMILES string of the molecule is Cc1ccc(C(=O)Nc2ccccc2C(=O)Nc2cc(C)no2)cc1. The van der Waals surface area contributed by atoms with Gasteiger partial charge in [0, 0.05) is 11.6 Å². The molecular formula is C19H17N3O3. The van der Waals surface area contributed by atoms with E-state index in [-0.39, 0.29) is 11.8 Å². The Kier molecular flexibility index (Phi) is 4.61. The molecular weight excluding hydrogens is 318 g/mol. The standard InChI is InChI=1S/C19H17N3O3/c1-12-7-9-14(10-8-12)18(23)20-16-6-4-3-5-15(16)19(24)21-17-11-13(2)22-25-17/h3-11H,1-2H3,(H,20,23)(H,21,24). The number of amides is 2. The van der Waals surface area contributed by atoms with Crippen LogP contribution in [-0.2, 0) is 0 Å². The van der Waals surface area contributed by atoms with Gasteiger partial charge in [0.05, 0.1) is 16.9 Å². The fourth-order valence-electron chi connectivity index (χ4n) is 2.29. The third-order valence-electron chi connectivity index (χ3n) is 3.60. The van der Waals surface area contributed by atoms with E-state index in [1.54, 1.807) is 49.4 Å². The molecule has 0 spiro atoms. The van der Waals surface area contributed by atoms with Gasteiger partial charge in [-0.05, 0) is 38.1 Å².